The molecule has 4 aromatic rings. The van der Waals surface area contributed by atoms with Gasteiger partial charge in [-0.1, -0.05) is 46.4 Å². The van der Waals surface area contributed by atoms with Gasteiger partial charge >= 0.3 is 0 Å². The Morgan fingerprint density at radius 2 is 1.79 bits per heavy atom. The summed E-state index contributed by atoms with van der Waals surface area (Å²) in [6.45, 7) is 1.94. The second-order valence-corrected chi connectivity index (χ2v) is 8.86. The minimum Gasteiger partial charge on any atom is -0.457 e. The van der Waals surface area contributed by atoms with E-state index < -0.39 is 5.91 Å². The van der Waals surface area contributed by atoms with Crippen LogP contribution in [0.4, 0.5) is 0 Å². The zero-order valence-electron chi connectivity index (χ0n) is 17.3. The first-order chi connectivity index (χ1) is 16.0. The molecule has 0 atom stereocenters. The normalized spacial score (nSPS) is 15.8. The highest BCUT2D eigenvalue weighted by atomic mass is 32.2. The van der Waals surface area contributed by atoms with Crippen LogP contribution in [0.1, 0.15) is 21.7 Å². The molecule has 1 fully saturated rings. The molecule has 33 heavy (non-hydrogen) atoms. The molecule has 0 radical (unpaired) electrons. The van der Waals surface area contributed by atoms with Crippen molar-refractivity contribution in [2.24, 2.45) is 4.99 Å². The first kappa shape index (κ1) is 21.0. The van der Waals surface area contributed by atoms with Gasteiger partial charge in [0.1, 0.15) is 17.2 Å². The highest BCUT2D eigenvalue weighted by Crippen LogP contribution is 2.30. The predicted octanol–water partition coefficient (Wildman–Crippen LogP) is 5.17. The number of furan rings is 1. The highest BCUT2D eigenvalue weighted by Gasteiger charge is 2.25. The molecular weight excluding hydrogens is 456 g/mol. The number of thioether (sulfide) groups is 1. The van der Waals surface area contributed by atoms with Crippen LogP contribution in [0, 0.1) is 6.92 Å². The van der Waals surface area contributed by atoms with Gasteiger partial charge in [0, 0.05) is 28.1 Å². The summed E-state index contributed by atoms with van der Waals surface area (Å²) in [4.78, 5) is 29.1. The van der Waals surface area contributed by atoms with E-state index >= 15 is 0 Å². The van der Waals surface area contributed by atoms with Crippen molar-refractivity contribution in [1.29, 1.82) is 0 Å². The van der Waals surface area contributed by atoms with E-state index in [0.717, 1.165) is 34.1 Å². The van der Waals surface area contributed by atoms with Gasteiger partial charge in [0.2, 0.25) is 0 Å². The van der Waals surface area contributed by atoms with E-state index in [4.69, 9.17) is 4.42 Å². The number of nitrogens with one attached hydrogen (secondary N) is 1. The maximum absolute atomic E-state index is 12.3. The SMILES string of the molecule is Cc1ccc(C(=O)N=C2NC(=O)/C(=C/c3ccc(-c4ccc(-c5csnn5)cc4)o3)S2)cc1. The molecule has 1 N–H and O–H groups in total. The third-order valence-corrected chi connectivity index (χ3v) is 6.29. The molecule has 0 aliphatic carbocycles. The van der Waals surface area contributed by atoms with Crippen LogP contribution >= 0.6 is 23.3 Å². The van der Waals surface area contributed by atoms with Crippen molar-refractivity contribution in [2.45, 2.75) is 6.92 Å². The van der Waals surface area contributed by atoms with Crippen molar-refractivity contribution in [1.82, 2.24) is 14.9 Å². The van der Waals surface area contributed by atoms with Crippen LogP contribution in [-0.4, -0.2) is 26.6 Å². The van der Waals surface area contributed by atoms with Crippen LogP contribution in [0.25, 0.3) is 28.7 Å². The van der Waals surface area contributed by atoms with E-state index in [1.54, 1.807) is 24.3 Å². The average molecular weight is 473 g/mol. The van der Waals surface area contributed by atoms with Crippen LogP contribution in [0.5, 0.6) is 0 Å². The summed E-state index contributed by atoms with van der Waals surface area (Å²) >= 11 is 2.41. The van der Waals surface area contributed by atoms with E-state index in [0.29, 0.717) is 22.0 Å². The Morgan fingerprint density at radius 3 is 2.52 bits per heavy atom. The van der Waals surface area contributed by atoms with Gasteiger partial charge in [-0.25, -0.2) is 0 Å². The molecular formula is C24H16N4O3S2. The largest absolute Gasteiger partial charge is 0.457 e. The summed E-state index contributed by atoms with van der Waals surface area (Å²) in [6, 6.07) is 18.6. The molecule has 162 valence electrons. The summed E-state index contributed by atoms with van der Waals surface area (Å²) in [5.41, 5.74) is 4.24. The van der Waals surface area contributed by atoms with Gasteiger partial charge in [-0.3, -0.25) is 9.59 Å². The number of aromatic nitrogens is 2. The summed E-state index contributed by atoms with van der Waals surface area (Å²) in [5, 5.41) is 8.83. The van der Waals surface area contributed by atoms with Gasteiger partial charge in [-0.05, 0) is 54.5 Å². The number of amides is 2. The molecule has 1 aliphatic heterocycles. The Labute approximate surface area is 197 Å². The molecule has 2 aromatic carbocycles. The average Bonchev–Trinajstić information content (AvgIpc) is 3.57. The number of carbonyl (C=O) groups is 2. The van der Waals surface area contributed by atoms with Gasteiger partial charge in [0.05, 0.1) is 4.91 Å². The molecule has 2 amide bonds. The second-order valence-electron chi connectivity index (χ2n) is 7.22. The van der Waals surface area contributed by atoms with Crippen LogP contribution in [0.3, 0.4) is 0 Å². The minimum absolute atomic E-state index is 0.246. The lowest BCUT2D eigenvalue weighted by atomic mass is 10.1. The number of carbonyl (C=O) groups excluding carboxylic acids is 2. The van der Waals surface area contributed by atoms with E-state index in [9.17, 15) is 9.59 Å². The molecule has 0 spiro atoms. The molecule has 1 aliphatic rings. The third-order valence-electron chi connectivity index (χ3n) is 4.88. The smallest absolute Gasteiger partial charge is 0.279 e. The Bertz CT molecular complexity index is 1390. The van der Waals surface area contributed by atoms with Gasteiger partial charge < -0.3 is 9.73 Å². The minimum atomic E-state index is -0.406. The fraction of sp³-hybridized carbons (Fsp3) is 0.0417. The van der Waals surface area contributed by atoms with Crippen molar-refractivity contribution in [3.8, 4) is 22.6 Å². The van der Waals surface area contributed by atoms with Crippen molar-refractivity contribution in [3.05, 3.63) is 87.8 Å². The molecule has 0 unspecified atom stereocenters. The maximum Gasteiger partial charge on any atom is 0.279 e. The number of rotatable bonds is 4. The van der Waals surface area contributed by atoms with Crippen LogP contribution in [0.15, 0.2) is 80.4 Å². The molecule has 7 nitrogen and oxygen atoms in total. The van der Waals surface area contributed by atoms with Crippen LogP contribution < -0.4 is 5.32 Å². The number of benzene rings is 2. The summed E-state index contributed by atoms with van der Waals surface area (Å²) in [5.74, 6) is 0.476. The molecule has 3 heterocycles. The van der Waals surface area contributed by atoms with Crippen molar-refractivity contribution >= 4 is 46.4 Å². The van der Waals surface area contributed by atoms with Crippen LogP contribution in [-0.2, 0) is 4.79 Å². The molecule has 0 saturated carbocycles. The topological polar surface area (TPSA) is 97.5 Å². The summed E-state index contributed by atoms with van der Waals surface area (Å²) in [7, 11) is 0. The van der Waals surface area contributed by atoms with Crippen molar-refractivity contribution < 1.29 is 14.0 Å². The van der Waals surface area contributed by atoms with Crippen molar-refractivity contribution in [3.63, 3.8) is 0 Å². The Kier molecular flexibility index (Phi) is 5.72. The summed E-state index contributed by atoms with van der Waals surface area (Å²) < 4.78 is 9.79. The number of hydrogen-bond donors (Lipinski definition) is 1. The number of aliphatic imine (C=N–C) groups is 1. The lowest BCUT2D eigenvalue weighted by Gasteiger charge is -1.99. The summed E-state index contributed by atoms with van der Waals surface area (Å²) in [6.07, 6.45) is 1.64. The molecule has 5 rings (SSSR count). The highest BCUT2D eigenvalue weighted by molar-refractivity contribution is 8.18. The fourth-order valence-electron chi connectivity index (χ4n) is 3.14. The Morgan fingerprint density at radius 1 is 1.03 bits per heavy atom. The zero-order chi connectivity index (χ0) is 22.8. The first-order valence-corrected chi connectivity index (χ1v) is 11.6. The number of nitrogens with zero attached hydrogens (tertiary/aromatic N) is 3. The van der Waals surface area contributed by atoms with E-state index in [1.807, 2.05) is 54.8 Å². The molecule has 0 bridgehead atoms. The Balaban J connectivity index is 1.30. The Hall–Kier alpha value is -3.82. The zero-order valence-corrected chi connectivity index (χ0v) is 18.9. The standard InChI is InChI=1S/C24H16N4O3S2/c1-14-2-4-17(5-3-14)22(29)25-24-26-23(30)21(33-24)12-18-10-11-20(31-18)16-8-6-15(7-9-16)19-13-32-28-27-19/h2-13H,1H3,(H,25,26,29,30)/b21-12-. The second kappa shape index (κ2) is 8.97. The third kappa shape index (κ3) is 4.69. The van der Waals surface area contributed by atoms with Gasteiger partial charge in [-0.15, -0.1) is 5.10 Å². The van der Waals surface area contributed by atoms with Gasteiger partial charge in [0.25, 0.3) is 11.8 Å². The number of aryl methyl sites for hydroxylation is 1. The predicted molar refractivity (Wildman–Crippen MR) is 130 cm³/mol. The van der Waals surface area contributed by atoms with Crippen LogP contribution in [0.2, 0.25) is 0 Å². The molecule has 1 saturated heterocycles. The van der Waals surface area contributed by atoms with Crippen molar-refractivity contribution in [2.75, 3.05) is 0 Å². The monoisotopic (exact) mass is 472 g/mol. The van der Waals surface area contributed by atoms with E-state index in [1.165, 1.54) is 11.5 Å². The lowest BCUT2D eigenvalue weighted by Crippen LogP contribution is -2.20. The fourth-order valence-corrected chi connectivity index (χ4v) is 4.41. The lowest BCUT2D eigenvalue weighted by molar-refractivity contribution is -0.115. The number of hydrogen-bond acceptors (Lipinski definition) is 7. The van der Waals surface area contributed by atoms with E-state index in [2.05, 4.69) is 19.9 Å². The van der Waals surface area contributed by atoms with Gasteiger partial charge in [0.15, 0.2) is 5.17 Å². The maximum atomic E-state index is 12.3. The number of amidine groups is 1. The van der Waals surface area contributed by atoms with E-state index in [-0.39, 0.29) is 11.1 Å². The quantitative estimate of drug-likeness (QED) is 0.411. The molecule has 9 heteroatoms. The first-order valence-electron chi connectivity index (χ1n) is 9.93. The van der Waals surface area contributed by atoms with Gasteiger partial charge in [-0.2, -0.15) is 4.99 Å². The molecule has 2 aromatic heterocycles.